The van der Waals surface area contributed by atoms with Crippen molar-refractivity contribution in [3.05, 3.63) is 41.5 Å². The number of carbonyl (C=O) groups is 1. The second kappa shape index (κ2) is 11.7. The Morgan fingerprint density at radius 2 is 1.73 bits per heavy atom. The molecule has 3 nitrogen and oxygen atoms in total. The molecule has 228 valence electrons. The molecule has 3 fully saturated rings. The highest BCUT2D eigenvalue weighted by Gasteiger charge is 2.59. The molecule has 3 heteroatoms. The molecule has 0 radical (unpaired) electrons. The fourth-order valence-electron chi connectivity index (χ4n) is 10.2. The molecule has 4 aliphatic rings. The number of allylic oxidation sites excluding steroid dienone is 1. The number of amides is 1. The fraction of sp³-hybridized carbons (Fsp3) is 0.763. The standard InChI is InChI=1S/C38H60N2O/c1-25(2)12-11-13-26(3)31-18-19-32-29-17-16-27-24-28(20-22-37(27,7)33(29)21-23-38(31,32)8)39-34-15-10-9-14-30(34)35(41)40-36(4,5)6/h9-10,14-16,25-26,28-29,31-33,39H,11-13,17-24H2,1-8H3,(H,40,41)/t26-,28+,29+,31-,32+,33+,37+,38-/m1/s1. The maximum Gasteiger partial charge on any atom is 0.253 e. The Morgan fingerprint density at radius 1 is 0.976 bits per heavy atom. The third-order valence-corrected chi connectivity index (χ3v) is 12.3. The summed E-state index contributed by atoms with van der Waals surface area (Å²) in [7, 11) is 0. The van der Waals surface area contributed by atoms with E-state index in [0.29, 0.717) is 16.9 Å². The molecule has 0 aromatic heterocycles. The van der Waals surface area contributed by atoms with Crippen molar-refractivity contribution in [3.63, 3.8) is 0 Å². The third kappa shape index (κ3) is 6.16. The van der Waals surface area contributed by atoms with E-state index < -0.39 is 0 Å². The van der Waals surface area contributed by atoms with Crippen molar-refractivity contribution in [3.8, 4) is 0 Å². The Kier molecular flexibility index (Phi) is 8.77. The van der Waals surface area contributed by atoms with Crippen molar-refractivity contribution in [2.45, 2.75) is 138 Å². The van der Waals surface area contributed by atoms with Gasteiger partial charge in [0.1, 0.15) is 0 Å². The number of nitrogens with one attached hydrogen (secondary N) is 2. The molecule has 4 aliphatic carbocycles. The smallest absolute Gasteiger partial charge is 0.253 e. The van der Waals surface area contributed by atoms with Crippen molar-refractivity contribution in [1.82, 2.24) is 5.32 Å². The Bertz CT molecular complexity index is 1110. The highest BCUT2D eigenvalue weighted by Crippen LogP contribution is 2.67. The molecular formula is C38H60N2O. The molecule has 1 aromatic carbocycles. The third-order valence-electron chi connectivity index (χ3n) is 12.3. The van der Waals surface area contributed by atoms with Crippen molar-refractivity contribution in [1.29, 1.82) is 0 Å². The average Bonchev–Trinajstić information content (AvgIpc) is 3.25. The number of carbonyl (C=O) groups excluding carboxylic acids is 1. The summed E-state index contributed by atoms with van der Waals surface area (Å²) >= 11 is 0. The molecule has 0 saturated heterocycles. The maximum absolute atomic E-state index is 13.1. The van der Waals surface area contributed by atoms with Crippen LogP contribution in [0.2, 0.25) is 0 Å². The van der Waals surface area contributed by atoms with E-state index in [1.165, 1.54) is 64.2 Å². The zero-order chi connectivity index (χ0) is 29.6. The zero-order valence-corrected chi connectivity index (χ0v) is 27.6. The summed E-state index contributed by atoms with van der Waals surface area (Å²) in [5.41, 5.74) is 4.10. The molecule has 0 aliphatic heterocycles. The van der Waals surface area contributed by atoms with Gasteiger partial charge in [-0.1, -0.05) is 77.7 Å². The first-order chi connectivity index (χ1) is 19.3. The van der Waals surface area contributed by atoms with E-state index >= 15 is 0 Å². The lowest BCUT2D eigenvalue weighted by Gasteiger charge is -2.58. The number of anilines is 1. The molecule has 41 heavy (non-hydrogen) atoms. The zero-order valence-electron chi connectivity index (χ0n) is 27.6. The second-order valence-electron chi connectivity index (χ2n) is 16.6. The van der Waals surface area contributed by atoms with E-state index in [2.05, 4.69) is 57.4 Å². The topological polar surface area (TPSA) is 41.1 Å². The van der Waals surface area contributed by atoms with Crippen molar-refractivity contribution in [2.75, 3.05) is 5.32 Å². The van der Waals surface area contributed by atoms with Crippen LogP contribution in [0.15, 0.2) is 35.9 Å². The molecule has 0 heterocycles. The summed E-state index contributed by atoms with van der Waals surface area (Å²) < 4.78 is 0. The average molecular weight is 561 g/mol. The number of rotatable bonds is 8. The van der Waals surface area contributed by atoms with E-state index in [1.54, 1.807) is 5.57 Å². The minimum absolute atomic E-state index is 0.00957. The predicted molar refractivity (Wildman–Crippen MR) is 174 cm³/mol. The minimum atomic E-state index is -0.249. The summed E-state index contributed by atoms with van der Waals surface area (Å²) in [5.74, 6) is 5.28. The lowest BCUT2D eigenvalue weighted by Crippen LogP contribution is -2.51. The SMILES string of the molecule is CC(C)CCC[C@@H](C)[C@H]1CC[C@H]2[C@@H]3CC=C4C[C@@H](Nc5ccccc5C(=O)NC(C)(C)C)CC[C@]4(C)[C@H]3CC[C@]12C. The number of benzene rings is 1. The van der Waals surface area contributed by atoms with Crippen LogP contribution >= 0.6 is 0 Å². The van der Waals surface area contributed by atoms with Crippen LogP contribution in [0, 0.1) is 46.3 Å². The van der Waals surface area contributed by atoms with Gasteiger partial charge in [0, 0.05) is 17.3 Å². The van der Waals surface area contributed by atoms with E-state index in [1.807, 2.05) is 39.0 Å². The fourth-order valence-corrected chi connectivity index (χ4v) is 10.2. The van der Waals surface area contributed by atoms with Gasteiger partial charge >= 0.3 is 0 Å². The summed E-state index contributed by atoms with van der Waals surface area (Å²) in [6, 6.07) is 8.46. The van der Waals surface area contributed by atoms with Crippen LogP contribution in [-0.4, -0.2) is 17.5 Å². The van der Waals surface area contributed by atoms with Gasteiger partial charge in [0.05, 0.1) is 5.56 Å². The van der Waals surface area contributed by atoms with Crippen molar-refractivity contribution < 1.29 is 4.79 Å². The van der Waals surface area contributed by atoms with Crippen LogP contribution in [0.4, 0.5) is 5.69 Å². The second-order valence-corrected chi connectivity index (χ2v) is 16.6. The van der Waals surface area contributed by atoms with Crippen LogP contribution in [0.5, 0.6) is 0 Å². The van der Waals surface area contributed by atoms with Crippen LogP contribution in [-0.2, 0) is 0 Å². The Hall–Kier alpha value is -1.77. The minimum Gasteiger partial charge on any atom is -0.381 e. The summed E-state index contributed by atoms with van der Waals surface area (Å²) in [5, 5.41) is 6.97. The lowest BCUT2D eigenvalue weighted by atomic mass is 9.47. The molecule has 5 rings (SSSR count). The molecule has 2 N–H and O–H groups in total. The maximum atomic E-state index is 13.1. The quantitative estimate of drug-likeness (QED) is 0.311. The van der Waals surface area contributed by atoms with E-state index in [4.69, 9.17) is 0 Å². The van der Waals surface area contributed by atoms with Gasteiger partial charge in [0.25, 0.3) is 5.91 Å². The molecule has 1 aromatic rings. The monoisotopic (exact) mass is 560 g/mol. The first kappa shape index (κ1) is 30.7. The van der Waals surface area contributed by atoms with Gasteiger partial charge in [0.2, 0.25) is 0 Å². The molecule has 8 atom stereocenters. The molecule has 0 unspecified atom stereocenters. The number of para-hydroxylation sites is 1. The number of hydrogen-bond acceptors (Lipinski definition) is 2. The lowest BCUT2D eigenvalue weighted by molar-refractivity contribution is -0.0505. The van der Waals surface area contributed by atoms with E-state index in [-0.39, 0.29) is 11.4 Å². The molecular weight excluding hydrogens is 500 g/mol. The molecule has 0 spiro atoms. The molecule has 3 saturated carbocycles. The normalized spacial score (nSPS) is 35.6. The molecule has 1 amide bonds. The van der Waals surface area contributed by atoms with Crippen molar-refractivity contribution >= 4 is 11.6 Å². The largest absolute Gasteiger partial charge is 0.381 e. The van der Waals surface area contributed by atoms with E-state index in [9.17, 15) is 4.79 Å². The molecule has 0 bridgehead atoms. The summed E-state index contributed by atoms with van der Waals surface area (Å²) in [4.78, 5) is 13.1. The van der Waals surface area contributed by atoms with Crippen LogP contribution in [0.1, 0.15) is 136 Å². The van der Waals surface area contributed by atoms with Gasteiger partial charge in [-0.05, 0) is 131 Å². The van der Waals surface area contributed by atoms with Crippen LogP contribution < -0.4 is 10.6 Å². The first-order valence-corrected chi connectivity index (χ1v) is 17.2. The van der Waals surface area contributed by atoms with Gasteiger partial charge < -0.3 is 10.6 Å². The van der Waals surface area contributed by atoms with Crippen LogP contribution in [0.3, 0.4) is 0 Å². The van der Waals surface area contributed by atoms with Gasteiger partial charge in [-0.15, -0.1) is 0 Å². The van der Waals surface area contributed by atoms with E-state index in [0.717, 1.165) is 53.2 Å². The Morgan fingerprint density at radius 3 is 2.46 bits per heavy atom. The van der Waals surface area contributed by atoms with Gasteiger partial charge in [-0.2, -0.15) is 0 Å². The van der Waals surface area contributed by atoms with Gasteiger partial charge in [0.15, 0.2) is 0 Å². The van der Waals surface area contributed by atoms with Crippen LogP contribution in [0.25, 0.3) is 0 Å². The number of fused-ring (bicyclic) bond motifs is 5. The Labute approximate surface area is 252 Å². The highest BCUT2D eigenvalue weighted by molar-refractivity contribution is 6.00. The predicted octanol–water partition coefficient (Wildman–Crippen LogP) is 10.0. The summed E-state index contributed by atoms with van der Waals surface area (Å²) in [6.45, 7) is 18.8. The van der Waals surface area contributed by atoms with Gasteiger partial charge in [-0.3, -0.25) is 4.79 Å². The number of hydrogen-bond donors (Lipinski definition) is 2. The summed E-state index contributed by atoms with van der Waals surface area (Å²) in [6.07, 6.45) is 17.6. The van der Waals surface area contributed by atoms with Crippen molar-refractivity contribution in [2.24, 2.45) is 46.3 Å². The Balaban J connectivity index is 1.27. The first-order valence-electron chi connectivity index (χ1n) is 17.2. The van der Waals surface area contributed by atoms with Gasteiger partial charge in [-0.25, -0.2) is 0 Å². The highest BCUT2D eigenvalue weighted by atomic mass is 16.1.